The molecule has 2 rings (SSSR count). The third kappa shape index (κ3) is 2.18. The Hall–Kier alpha value is -2.16. The standard InChI is InChI=1S/C14H16N2O/c1-15-10-7-8-14(17)12(9-10)11-5-3-4-6-13(11)16-2/h3-9,15-17H,1-2H3. The molecule has 0 unspecified atom stereocenters. The molecule has 0 radical (unpaired) electrons. The number of hydrogen-bond acceptors (Lipinski definition) is 3. The van der Waals surface area contributed by atoms with E-state index in [1.807, 2.05) is 50.5 Å². The van der Waals surface area contributed by atoms with Gasteiger partial charge in [-0.3, -0.25) is 0 Å². The van der Waals surface area contributed by atoms with E-state index in [9.17, 15) is 5.11 Å². The van der Waals surface area contributed by atoms with Gasteiger partial charge in [0.1, 0.15) is 5.75 Å². The molecule has 0 aliphatic heterocycles. The van der Waals surface area contributed by atoms with Crippen LogP contribution in [0.3, 0.4) is 0 Å². The third-order valence-electron chi connectivity index (χ3n) is 2.77. The summed E-state index contributed by atoms with van der Waals surface area (Å²) >= 11 is 0. The molecule has 0 aliphatic carbocycles. The predicted octanol–water partition coefficient (Wildman–Crippen LogP) is 3.14. The first-order valence-corrected chi connectivity index (χ1v) is 5.54. The van der Waals surface area contributed by atoms with Gasteiger partial charge in [-0.25, -0.2) is 0 Å². The summed E-state index contributed by atoms with van der Waals surface area (Å²) in [6.07, 6.45) is 0. The molecule has 0 atom stereocenters. The number of para-hydroxylation sites is 1. The maximum absolute atomic E-state index is 9.95. The Morgan fingerprint density at radius 3 is 2.35 bits per heavy atom. The van der Waals surface area contributed by atoms with Crippen LogP contribution < -0.4 is 10.6 Å². The molecule has 2 aromatic rings. The molecule has 0 saturated heterocycles. The van der Waals surface area contributed by atoms with E-state index >= 15 is 0 Å². The fourth-order valence-corrected chi connectivity index (χ4v) is 1.84. The van der Waals surface area contributed by atoms with Crippen LogP contribution in [0.4, 0.5) is 11.4 Å². The molecule has 0 amide bonds. The lowest BCUT2D eigenvalue weighted by Gasteiger charge is -2.12. The number of anilines is 2. The average molecular weight is 228 g/mol. The first kappa shape index (κ1) is 11.3. The van der Waals surface area contributed by atoms with Gasteiger partial charge >= 0.3 is 0 Å². The lowest BCUT2D eigenvalue weighted by molar-refractivity contribution is 0.477. The van der Waals surface area contributed by atoms with Crippen molar-refractivity contribution in [2.45, 2.75) is 0 Å². The number of phenols is 1. The van der Waals surface area contributed by atoms with Crippen LogP contribution in [-0.4, -0.2) is 19.2 Å². The molecule has 0 aromatic heterocycles. The molecule has 3 nitrogen and oxygen atoms in total. The summed E-state index contributed by atoms with van der Waals surface area (Å²) in [6.45, 7) is 0. The minimum Gasteiger partial charge on any atom is -0.507 e. The summed E-state index contributed by atoms with van der Waals surface area (Å²) in [4.78, 5) is 0. The third-order valence-corrected chi connectivity index (χ3v) is 2.77. The Bertz CT molecular complexity index is 523. The van der Waals surface area contributed by atoms with Crippen molar-refractivity contribution in [3.05, 3.63) is 42.5 Å². The Labute approximate surface area is 101 Å². The lowest BCUT2D eigenvalue weighted by Crippen LogP contribution is -1.93. The van der Waals surface area contributed by atoms with Crippen molar-refractivity contribution in [1.82, 2.24) is 0 Å². The highest BCUT2D eigenvalue weighted by atomic mass is 16.3. The molecular formula is C14H16N2O. The van der Waals surface area contributed by atoms with Crippen LogP contribution in [0.25, 0.3) is 11.1 Å². The molecule has 2 aromatic carbocycles. The van der Waals surface area contributed by atoms with Crippen LogP contribution in [0.5, 0.6) is 5.75 Å². The Morgan fingerprint density at radius 2 is 1.65 bits per heavy atom. The average Bonchev–Trinajstić information content (AvgIpc) is 2.39. The summed E-state index contributed by atoms with van der Waals surface area (Å²) in [5, 5.41) is 16.1. The second kappa shape index (κ2) is 4.78. The van der Waals surface area contributed by atoms with E-state index in [1.165, 1.54) is 0 Å². The molecule has 0 spiro atoms. The summed E-state index contributed by atoms with van der Waals surface area (Å²) in [7, 11) is 3.73. The summed E-state index contributed by atoms with van der Waals surface area (Å²) in [5.41, 5.74) is 3.78. The van der Waals surface area contributed by atoms with E-state index in [-0.39, 0.29) is 5.75 Å². The number of aromatic hydroxyl groups is 1. The first-order valence-electron chi connectivity index (χ1n) is 5.54. The minimum absolute atomic E-state index is 0.284. The van der Waals surface area contributed by atoms with Crippen molar-refractivity contribution >= 4 is 11.4 Å². The predicted molar refractivity (Wildman–Crippen MR) is 72.6 cm³/mol. The van der Waals surface area contributed by atoms with Crippen LogP contribution in [0.15, 0.2) is 42.5 Å². The quantitative estimate of drug-likeness (QED) is 0.707. The topological polar surface area (TPSA) is 44.3 Å². The minimum atomic E-state index is 0.284. The molecule has 0 aliphatic rings. The van der Waals surface area contributed by atoms with E-state index in [0.29, 0.717) is 0 Å². The molecule has 0 saturated carbocycles. The van der Waals surface area contributed by atoms with Crippen molar-refractivity contribution in [1.29, 1.82) is 0 Å². The van der Waals surface area contributed by atoms with Crippen molar-refractivity contribution in [2.75, 3.05) is 24.7 Å². The Morgan fingerprint density at radius 1 is 0.882 bits per heavy atom. The van der Waals surface area contributed by atoms with E-state index in [0.717, 1.165) is 22.5 Å². The Kier molecular flexibility index (Phi) is 3.19. The second-order valence-corrected chi connectivity index (χ2v) is 3.78. The van der Waals surface area contributed by atoms with Gasteiger partial charge in [-0.15, -0.1) is 0 Å². The van der Waals surface area contributed by atoms with Gasteiger partial charge in [0.2, 0.25) is 0 Å². The van der Waals surface area contributed by atoms with Crippen LogP contribution in [-0.2, 0) is 0 Å². The van der Waals surface area contributed by atoms with E-state index in [1.54, 1.807) is 6.07 Å². The molecule has 0 fully saturated rings. The maximum Gasteiger partial charge on any atom is 0.123 e. The molecule has 17 heavy (non-hydrogen) atoms. The molecule has 0 bridgehead atoms. The zero-order valence-corrected chi connectivity index (χ0v) is 9.99. The molecule has 3 N–H and O–H groups in total. The molecule has 88 valence electrons. The van der Waals surface area contributed by atoms with Crippen molar-refractivity contribution in [3.8, 4) is 16.9 Å². The highest BCUT2D eigenvalue weighted by Crippen LogP contribution is 2.35. The van der Waals surface area contributed by atoms with Crippen molar-refractivity contribution in [2.24, 2.45) is 0 Å². The van der Waals surface area contributed by atoms with Crippen molar-refractivity contribution < 1.29 is 5.11 Å². The van der Waals surface area contributed by atoms with Gasteiger partial charge < -0.3 is 15.7 Å². The zero-order valence-electron chi connectivity index (χ0n) is 9.99. The van der Waals surface area contributed by atoms with Gasteiger partial charge in [0, 0.05) is 36.6 Å². The van der Waals surface area contributed by atoms with Gasteiger partial charge in [-0.1, -0.05) is 18.2 Å². The van der Waals surface area contributed by atoms with Crippen LogP contribution in [0.2, 0.25) is 0 Å². The largest absolute Gasteiger partial charge is 0.507 e. The number of hydrogen-bond donors (Lipinski definition) is 3. The monoisotopic (exact) mass is 228 g/mol. The molecule has 0 heterocycles. The summed E-state index contributed by atoms with van der Waals surface area (Å²) in [6, 6.07) is 13.4. The van der Waals surface area contributed by atoms with Crippen LogP contribution in [0, 0.1) is 0 Å². The van der Waals surface area contributed by atoms with E-state index < -0.39 is 0 Å². The SMILES string of the molecule is CNc1ccc(O)c(-c2ccccc2NC)c1. The number of rotatable bonds is 3. The maximum atomic E-state index is 9.95. The fraction of sp³-hybridized carbons (Fsp3) is 0.143. The first-order chi connectivity index (χ1) is 8.26. The lowest BCUT2D eigenvalue weighted by atomic mass is 10.0. The van der Waals surface area contributed by atoms with Gasteiger partial charge in [0.05, 0.1) is 0 Å². The smallest absolute Gasteiger partial charge is 0.123 e. The summed E-state index contributed by atoms with van der Waals surface area (Å²) in [5.74, 6) is 0.284. The molecule has 3 heteroatoms. The normalized spacial score (nSPS) is 10.0. The van der Waals surface area contributed by atoms with Crippen molar-refractivity contribution in [3.63, 3.8) is 0 Å². The fourth-order valence-electron chi connectivity index (χ4n) is 1.84. The van der Waals surface area contributed by atoms with Gasteiger partial charge in [-0.2, -0.15) is 0 Å². The second-order valence-electron chi connectivity index (χ2n) is 3.78. The van der Waals surface area contributed by atoms with E-state index in [4.69, 9.17) is 0 Å². The number of nitrogens with one attached hydrogen (secondary N) is 2. The zero-order chi connectivity index (χ0) is 12.3. The van der Waals surface area contributed by atoms with E-state index in [2.05, 4.69) is 10.6 Å². The van der Waals surface area contributed by atoms with Crippen LogP contribution >= 0.6 is 0 Å². The number of phenolic OH excluding ortho intramolecular Hbond substituents is 1. The van der Waals surface area contributed by atoms with Gasteiger partial charge in [0.15, 0.2) is 0 Å². The van der Waals surface area contributed by atoms with Gasteiger partial charge in [0.25, 0.3) is 0 Å². The highest BCUT2D eigenvalue weighted by Gasteiger charge is 2.08. The number of benzene rings is 2. The van der Waals surface area contributed by atoms with Gasteiger partial charge in [-0.05, 0) is 24.3 Å². The Balaban J connectivity index is 2.59. The molecular weight excluding hydrogens is 212 g/mol. The summed E-state index contributed by atoms with van der Waals surface area (Å²) < 4.78 is 0. The van der Waals surface area contributed by atoms with Crippen LogP contribution in [0.1, 0.15) is 0 Å². The highest BCUT2D eigenvalue weighted by molar-refractivity contribution is 5.83.